The molecule has 0 bridgehead atoms. The number of nitrogens with zero attached hydrogens (tertiary/aromatic N) is 1. The fourth-order valence-electron chi connectivity index (χ4n) is 2.42. The van der Waals surface area contributed by atoms with Crippen LogP contribution in [-0.2, 0) is 0 Å². The Bertz CT molecular complexity index is 262. The van der Waals surface area contributed by atoms with Gasteiger partial charge in [-0.15, -0.1) is 0 Å². The lowest BCUT2D eigenvalue weighted by atomic mass is 10.1. The molecule has 0 radical (unpaired) electrons. The zero-order valence-electron chi connectivity index (χ0n) is 11.0. The first kappa shape index (κ1) is 12.7. The molecule has 2 fully saturated rings. The number of hydrogen-bond acceptors (Lipinski definition) is 2. The summed E-state index contributed by atoms with van der Waals surface area (Å²) in [5, 5.41) is 0.815. The van der Waals surface area contributed by atoms with Crippen LogP contribution in [0.4, 0.5) is 0 Å². The predicted octanol–water partition coefficient (Wildman–Crippen LogP) is 4.49. The largest absolute Gasteiger partial charge is 0.290 e. The second-order valence-electron chi connectivity index (χ2n) is 6.19. The maximum Gasteiger partial charge on any atom is 0.109 e. The van der Waals surface area contributed by atoms with Crippen molar-refractivity contribution in [2.75, 3.05) is 0 Å². The molecule has 0 aromatic carbocycles. The van der Waals surface area contributed by atoms with Crippen molar-refractivity contribution in [3.8, 4) is 0 Å². The van der Waals surface area contributed by atoms with Gasteiger partial charge in [-0.25, -0.2) is 0 Å². The third-order valence-corrected chi connectivity index (χ3v) is 7.68. The first-order valence-electron chi connectivity index (χ1n) is 6.79. The molecule has 0 aliphatic heterocycles. The maximum atomic E-state index is 4.99. The summed E-state index contributed by atoms with van der Waals surface area (Å²) in [6.45, 7) is 7.33. The Labute approximate surface area is 105 Å². The molecule has 2 aliphatic rings. The standard InChI is InChI=1S/C13H25NSSi/c1-16(2,3)15-13-10-12(13)14-11-8-6-4-5-7-9-11/h11,13H,4-10H2,1-3H3/b14-12-. The Morgan fingerprint density at radius 2 is 1.69 bits per heavy atom. The number of hydrogen-bond donors (Lipinski definition) is 0. The van der Waals surface area contributed by atoms with E-state index >= 15 is 0 Å². The Hall–Kier alpha value is 0.237. The minimum absolute atomic E-state index is 0.685. The van der Waals surface area contributed by atoms with E-state index in [-0.39, 0.29) is 0 Å². The molecule has 2 aliphatic carbocycles. The summed E-state index contributed by atoms with van der Waals surface area (Å²) in [5.74, 6) is 0. The Morgan fingerprint density at radius 3 is 2.25 bits per heavy atom. The van der Waals surface area contributed by atoms with Crippen LogP contribution in [0.1, 0.15) is 44.9 Å². The number of rotatable bonds is 3. The van der Waals surface area contributed by atoms with Crippen LogP contribution in [0.2, 0.25) is 19.6 Å². The fourth-order valence-corrected chi connectivity index (χ4v) is 6.95. The average molecular weight is 256 g/mol. The van der Waals surface area contributed by atoms with Gasteiger partial charge in [0.25, 0.3) is 0 Å². The van der Waals surface area contributed by atoms with E-state index in [0.29, 0.717) is 6.04 Å². The van der Waals surface area contributed by atoms with E-state index < -0.39 is 7.22 Å². The summed E-state index contributed by atoms with van der Waals surface area (Å²) in [5.41, 5.74) is 1.54. The average Bonchev–Trinajstić information content (AvgIpc) is 2.89. The molecule has 0 aromatic rings. The van der Waals surface area contributed by atoms with Gasteiger partial charge in [-0.05, 0) is 12.8 Å². The van der Waals surface area contributed by atoms with Crippen molar-refractivity contribution in [2.24, 2.45) is 4.99 Å². The Balaban J connectivity index is 1.80. The lowest BCUT2D eigenvalue weighted by molar-refractivity contribution is 0.587. The van der Waals surface area contributed by atoms with Crippen LogP contribution in [0.3, 0.4) is 0 Å². The molecule has 92 valence electrons. The summed E-state index contributed by atoms with van der Waals surface area (Å²) in [7, 11) is -0.939. The van der Waals surface area contributed by atoms with E-state index in [4.69, 9.17) is 4.99 Å². The predicted molar refractivity (Wildman–Crippen MR) is 78.3 cm³/mol. The quantitative estimate of drug-likeness (QED) is 0.534. The molecule has 3 heteroatoms. The van der Waals surface area contributed by atoms with Crippen molar-refractivity contribution < 1.29 is 0 Å². The molecule has 0 spiro atoms. The zero-order chi connectivity index (χ0) is 11.6. The molecule has 0 N–H and O–H groups in total. The first-order valence-corrected chi connectivity index (χ1v) is 11.9. The molecule has 0 aromatic heterocycles. The lowest BCUT2D eigenvalue weighted by Crippen LogP contribution is -2.15. The highest BCUT2D eigenvalue weighted by Gasteiger charge is 2.37. The van der Waals surface area contributed by atoms with Gasteiger partial charge in [0, 0.05) is 23.4 Å². The van der Waals surface area contributed by atoms with Crippen LogP contribution < -0.4 is 0 Å². The van der Waals surface area contributed by atoms with E-state index in [1.807, 2.05) is 0 Å². The summed E-state index contributed by atoms with van der Waals surface area (Å²) >= 11 is 2.23. The van der Waals surface area contributed by atoms with E-state index in [0.717, 1.165) is 5.25 Å². The van der Waals surface area contributed by atoms with Crippen LogP contribution >= 0.6 is 11.2 Å². The third-order valence-electron chi connectivity index (χ3n) is 3.27. The first-order chi connectivity index (χ1) is 7.54. The maximum absolute atomic E-state index is 4.99. The van der Waals surface area contributed by atoms with E-state index in [1.165, 1.54) is 44.9 Å². The Morgan fingerprint density at radius 1 is 1.06 bits per heavy atom. The van der Waals surface area contributed by atoms with Gasteiger partial charge in [0.2, 0.25) is 0 Å². The van der Waals surface area contributed by atoms with Crippen LogP contribution in [0.15, 0.2) is 4.99 Å². The van der Waals surface area contributed by atoms with Crippen molar-refractivity contribution in [2.45, 2.75) is 75.9 Å². The third kappa shape index (κ3) is 4.25. The fraction of sp³-hybridized carbons (Fsp3) is 0.923. The molecule has 16 heavy (non-hydrogen) atoms. The Kier molecular flexibility index (Phi) is 4.17. The highest BCUT2D eigenvalue weighted by molar-refractivity contribution is 8.29. The minimum Gasteiger partial charge on any atom is -0.290 e. The van der Waals surface area contributed by atoms with Gasteiger partial charge in [-0.3, -0.25) is 4.99 Å². The van der Waals surface area contributed by atoms with Gasteiger partial charge in [0.05, 0.1) is 0 Å². The topological polar surface area (TPSA) is 12.4 Å². The molecule has 0 amide bonds. The van der Waals surface area contributed by atoms with Gasteiger partial charge in [-0.2, -0.15) is 11.2 Å². The van der Waals surface area contributed by atoms with Crippen molar-refractivity contribution in [1.82, 2.24) is 0 Å². The molecule has 1 atom stereocenters. The van der Waals surface area contributed by atoms with E-state index in [9.17, 15) is 0 Å². The van der Waals surface area contributed by atoms with Crippen LogP contribution in [0, 0.1) is 0 Å². The van der Waals surface area contributed by atoms with E-state index in [2.05, 4.69) is 30.9 Å². The second kappa shape index (κ2) is 5.26. The lowest BCUT2D eigenvalue weighted by Gasteiger charge is -2.13. The number of aliphatic imine (C=N–C) groups is 1. The van der Waals surface area contributed by atoms with Gasteiger partial charge in [0.15, 0.2) is 0 Å². The molecule has 1 nitrogen and oxygen atoms in total. The van der Waals surface area contributed by atoms with Gasteiger partial charge in [0.1, 0.15) is 7.22 Å². The highest BCUT2D eigenvalue weighted by atomic mass is 32.4. The molecule has 1 unspecified atom stereocenters. The molecular weight excluding hydrogens is 230 g/mol. The molecule has 2 rings (SSSR count). The van der Waals surface area contributed by atoms with Crippen LogP contribution in [0.5, 0.6) is 0 Å². The van der Waals surface area contributed by atoms with Crippen molar-refractivity contribution in [1.29, 1.82) is 0 Å². The van der Waals surface area contributed by atoms with Gasteiger partial charge >= 0.3 is 0 Å². The second-order valence-corrected chi connectivity index (χ2v) is 15.6. The molecule has 0 saturated heterocycles. The summed E-state index contributed by atoms with van der Waals surface area (Å²) in [6, 6.07) is 0.685. The SMILES string of the molecule is C[Si](C)(C)SC1C/C1=N/C1CCCCCC1. The highest BCUT2D eigenvalue weighted by Crippen LogP contribution is 2.38. The van der Waals surface area contributed by atoms with Gasteiger partial charge < -0.3 is 0 Å². The molecular formula is C13H25NSSi. The van der Waals surface area contributed by atoms with Gasteiger partial charge in [-0.1, -0.05) is 45.3 Å². The van der Waals surface area contributed by atoms with Crippen LogP contribution in [0.25, 0.3) is 0 Å². The summed E-state index contributed by atoms with van der Waals surface area (Å²) in [6.07, 6.45) is 9.70. The zero-order valence-corrected chi connectivity index (χ0v) is 12.8. The molecule has 2 saturated carbocycles. The summed E-state index contributed by atoms with van der Waals surface area (Å²) < 4.78 is 0. The van der Waals surface area contributed by atoms with Crippen molar-refractivity contribution in [3.05, 3.63) is 0 Å². The minimum atomic E-state index is -0.939. The van der Waals surface area contributed by atoms with Crippen LogP contribution in [-0.4, -0.2) is 24.2 Å². The summed E-state index contributed by atoms with van der Waals surface area (Å²) in [4.78, 5) is 4.99. The molecule has 0 heterocycles. The smallest absolute Gasteiger partial charge is 0.109 e. The van der Waals surface area contributed by atoms with E-state index in [1.54, 1.807) is 5.71 Å². The van der Waals surface area contributed by atoms with Crippen molar-refractivity contribution in [3.63, 3.8) is 0 Å². The monoisotopic (exact) mass is 255 g/mol. The van der Waals surface area contributed by atoms with Crippen molar-refractivity contribution >= 4 is 24.1 Å². The normalized spacial score (nSPS) is 30.4.